The van der Waals surface area contributed by atoms with Crippen molar-refractivity contribution in [2.75, 3.05) is 32.7 Å². The Morgan fingerprint density at radius 1 is 1.07 bits per heavy atom. The summed E-state index contributed by atoms with van der Waals surface area (Å²) in [6.45, 7) is 11.8. The van der Waals surface area contributed by atoms with E-state index in [0.29, 0.717) is 0 Å². The van der Waals surface area contributed by atoms with Crippen LogP contribution in [0.1, 0.15) is 28.3 Å². The second kappa shape index (κ2) is 7.53. The number of thiazole rings is 1. The van der Waals surface area contributed by atoms with Crippen LogP contribution in [0.3, 0.4) is 0 Å². The first-order valence-electron chi connectivity index (χ1n) is 9.34. The molecule has 7 nitrogen and oxygen atoms in total. The van der Waals surface area contributed by atoms with Gasteiger partial charge in [0.1, 0.15) is 5.76 Å². The molecule has 0 atom stereocenters. The minimum Gasteiger partial charge on any atom is -0.361 e. The van der Waals surface area contributed by atoms with Gasteiger partial charge in [-0.1, -0.05) is 5.16 Å². The van der Waals surface area contributed by atoms with Crippen molar-refractivity contribution in [3.63, 3.8) is 0 Å². The molecular weight excluding hydrogens is 362 g/mol. The molecule has 1 aliphatic rings. The third-order valence-electron chi connectivity index (χ3n) is 5.47. The fourth-order valence-electron chi connectivity index (χ4n) is 3.70. The minimum absolute atomic E-state index is 0.0794. The van der Waals surface area contributed by atoms with Crippen LogP contribution in [-0.2, 0) is 13.0 Å². The van der Waals surface area contributed by atoms with Crippen LogP contribution in [0.2, 0.25) is 0 Å². The molecule has 3 aromatic heterocycles. The summed E-state index contributed by atoms with van der Waals surface area (Å²) in [5.41, 5.74) is 3.98. The summed E-state index contributed by atoms with van der Waals surface area (Å²) in [6, 6.07) is 0. The highest BCUT2D eigenvalue weighted by Crippen LogP contribution is 2.16. The average Bonchev–Trinajstić information content (AvgIpc) is 3.24. The molecule has 1 fully saturated rings. The Hall–Kier alpha value is -2.03. The van der Waals surface area contributed by atoms with E-state index in [0.717, 1.165) is 73.4 Å². The summed E-state index contributed by atoms with van der Waals surface area (Å²) in [5, 5.41) is 5.95. The fourth-order valence-corrected chi connectivity index (χ4v) is 4.45. The van der Waals surface area contributed by atoms with Crippen LogP contribution in [0.25, 0.3) is 4.96 Å². The Kier molecular flexibility index (Phi) is 5.12. The number of hydrogen-bond donors (Lipinski definition) is 0. The molecule has 0 amide bonds. The van der Waals surface area contributed by atoms with Crippen LogP contribution < -0.4 is 5.56 Å². The predicted octanol–water partition coefficient (Wildman–Crippen LogP) is 2.03. The highest BCUT2D eigenvalue weighted by Gasteiger charge is 2.20. The molecule has 0 aromatic carbocycles. The lowest BCUT2D eigenvalue weighted by molar-refractivity contribution is 0.127. The predicted molar refractivity (Wildman–Crippen MR) is 105 cm³/mol. The van der Waals surface area contributed by atoms with E-state index in [1.165, 1.54) is 16.9 Å². The van der Waals surface area contributed by atoms with Gasteiger partial charge in [-0.15, -0.1) is 11.3 Å². The average molecular weight is 388 g/mol. The molecule has 8 heteroatoms. The summed E-state index contributed by atoms with van der Waals surface area (Å²) in [7, 11) is 0. The van der Waals surface area contributed by atoms with E-state index in [9.17, 15) is 4.79 Å². The molecule has 3 aromatic rings. The number of nitrogens with zero attached hydrogens (tertiary/aromatic N) is 5. The van der Waals surface area contributed by atoms with E-state index in [1.807, 2.05) is 32.3 Å². The molecule has 1 saturated heterocycles. The highest BCUT2D eigenvalue weighted by molar-refractivity contribution is 7.15. The molecular formula is C19H25N5O2S. The van der Waals surface area contributed by atoms with Gasteiger partial charge in [0.2, 0.25) is 0 Å². The van der Waals surface area contributed by atoms with E-state index in [4.69, 9.17) is 4.52 Å². The zero-order valence-electron chi connectivity index (χ0n) is 16.1. The van der Waals surface area contributed by atoms with Gasteiger partial charge in [-0.05, 0) is 27.2 Å². The van der Waals surface area contributed by atoms with Gasteiger partial charge in [-0.25, -0.2) is 4.98 Å². The largest absolute Gasteiger partial charge is 0.361 e. The van der Waals surface area contributed by atoms with Crippen molar-refractivity contribution in [3.8, 4) is 0 Å². The Labute approximate surface area is 162 Å². The number of piperazine rings is 1. The first-order valence-corrected chi connectivity index (χ1v) is 10.2. The normalized spacial score (nSPS) is 16.4. The van der Waals surface area contributed by atoms with Crippen LogP contribution >= 0.6 is 11.3 Å². The molecule has 4 rings (SSSR count). The van der Waals surface area contributed by atoms with E-state index >= 15 is 0 Å². The van der Waals surface area contributed by atoms with Gasteiger partial charge < -0.3 is 9.42 Å². The molecule has 0 bridgehead atoms. The zero-order chi connectivity index (χ0) is 19.0. The third kappa shape index (κ3) is 3.69. The van der Waals surface area contributed by atoms with Gasteiger partial charge >= 0.3 is 0 Å². The van der Waals surface area contributed by atoms with Crippen LogP contribution in [0.4, 0.5) is 0 Å². The lowest BCUT2D eigenvalue weighted by atomic mass is 10.1. The lowest BCUT2D eigenvalue weighted by Crippen LogP contribution is -2.46. The van der Waals surface area contributed by atoms with Crippen molar-refractivity contribution in [1.29, 1.82) is 0 Å². The van der Waals surface area contributed by atoms with E-state index in [-0.39, 0.29) is 5.56 Å². The van der Waals surface area contributed by atoms with Gasteiger partial charge in [0, 0.05) is 67.7 Å². The molecule has 0 spiro atoms. The topological polar surface area (TPSA) is 66.9 Å². The highest BCUT2D eigenvalue weighted by atomic mass is 32.1. The van der Waals surface area contributed by atoms with Gasteiger partial charge in [-0.2, -0.15) is 0 Å². The number of fused-ring (bicyclic) bond motifs is 1. The maximum absolute atomic E-state index is 12.7. The summed E-state index contributed by atoms with van der Waals surface area (Å²) in [6.07, 6.45) is 2.56. The number of aryl methyl sites for hydroxylation is 3. The van der Waals surface area contributed by atoms with Gasteiger partial charge in [0.15, 0.2) is 4.96 Å². The molecule has 144 valence electrons. The minimum atomic E-state index is 0.0794. The maximum atomic E-state index is 12.7. The van der Waals surface area contributed by atoms with Crippen molar-refractivity contribution in [2.45, 2.75) is 33.7 Å². The van der Waals surface area contributed by atoms with E-state index in [2.05, 4.69) is 19.9 Å². The molecule has 27 heavy (non-hydrogen) atoms. The third-order valence-corrected chi connectivity index (χ3v) is 6.23. The van der Waals surface area contributed by atoms with Gasteiger partial charge in [-0.3, -0.25) is 14.1 Å². The van der Waals surface area contributed by atoms with Crippen molar-refractivity contribution in [1.82, 2.24) is 24.3 Å². The molecule has 0 saturated carbocycles. The number of hydrogen-bond acceptors (Lipinski definition) is 7. The lowest BCUT2D eigenvalue weighted by Gasteiger charge is -2.34. The summed E-state index contributed by atoms with van der Waals surface area (Å²) in [5.74, 6) is 0.919. The smallest absolute Gasteiger partial charge is 0.261 e. The SMILES string of the molecule is Cc1noc(C)c1CN1CCN(CCc2c(C)nc3sccn3c2=O)CC1. The van der Waals surface area contributed by atoms with Crippen molar-refractivity contribution in [3.05, 3.63) is 50.2 Å². The first-order chi connectivity index (χ1) is 13.0. The van der Waals surface area contributed by atoms with Gasteiger partial charge in [0.05, 0.1) is 5.69 Å². The number of aromatic nitrogens is 3. The Morgan fingerprint density at radius 2 is 1.81 bits per heavy atom. The van der Waals surface area contributed by atoms with Crippen LogP contribution in [0.15, 0.2) is 20.9 Å². The Bertz CT molecular complexity index is 978. The fraction of sp³-hybridized carbons (Fsp3) is 0.526. The van der Waals surface area contributed by atoms with Crippen molar-refractivity contribution < 1.29 is 4.52 Å². The quantitative estimate of drug-likeness (QED) is 0.667. The summed E-state index contributed by atoms with van der Waals surface area (Å²) < 4.78 is 6.93. The monoisotopic (exact) mass is 387 g/mol. The standard InChI is InChI=1S/C19H25N5O2S/c1-13-16(18(25)24-10-11-27-19(24)20-13)4-5-22-6-8-23(9-7-22)12-17-14(2)21-26-15(17)3/h10-11H,4-9,12H2,1-3H3. The van der Waals surface area contributed by atoms with E-state index < -0.39 is 0 Å². The van der Waals surface area contributed by atoms with E-state index in [1.54, 1.807) is 4.40 Å². The van der Waals surface area contributed by atoms with Crippen molar-refractivity contribution >= 4 is 16.3 Å². The molecule has 0 unspecified atom stereocenters. The summed E-state index contributed by atoms with van der Waals surface area (Å²) >= 11 is 1.50. The molecule has 0 N–H and O–H groups in total. The molecule has 0 aliphatic carbocycles. The summed E-state index contributed by atoms with van der Waals surface area (Å²) in [4.78, 5) is 22.9. The Balaban J connectivity index is 1.34. The molecule has 1 aliphatic heterocycles. The second-order valence-electron chi connectivity index (χ2n) is 7.21. The number of rotatable bonds is 5. The van der Waals surface area contributed by atoms with Gasteiger partial charge in [0.25, 0.3) is 5.56 Å². The first kappa shape index (κ1) is 18.3. The maximum Gasteiger partial charge on any atom is 0.261 e. The molecule has 0 radical (unpaired) electrons. The van der Waals surface area contributed by atoms with Crippen molar-refractivity contribution in [2.24, 2.45) is 0 Å². The molecule has 4 heterocycles. The second-order valence-corrected chi connectivity index (χ2v) is 8.08. The van der Waals surface area contributed by atoms with Crippen LogP contribution in [-0.4, -0.2) is 57.1 Å². The Morgan fingerprint density at radius 3 is 2.52 bits per heavy atom. The van der Waals surface area contributed by atoms with Crippen LogP contribution in [0, 0.1) is 20.8 Å². The van der Waals surface area contributed by atoms with Crippen LogP contribution in [0.5, 0.6) is 0 Å². The zero-order valence-corrected chi connectivity index (χ0v) is 16.9.